The van der Waals surface area contributed by atoms with Crippen LogP contribution in [0.15, 0.2) is 53.3 Å². The highest BCUT2D eigenvalue weighted by atomic mass is 16.3. The van der Waals surface area contributed by atoms with Crippen LogP contribution in [0.25, 0.3) is 0 Å². The molecular weight excluding hydrogens is 266 g/mol. The predicted molar refractivity (Wildman–Crippen MR) is 78.8 cm³/mol. The predicted octanol–water partition coefficient (Wildman–Crippen LogP) is 3.01. The molecule has 1 aromatic heterocycles. The summed E-state index contributed by atoms with van der Waals surface area (Å²) in [5.41, 5.74) is 1.48. The van der Waals surface area contributed by atoms with Gasteiger partial charge in [0.05, 0.1) is 17.9 Å². The summed E-state index contributed by atoms with van der Waals surface area (Å²) in [7, 11) is 0. The van der Waals surface area contributed by atoms with Crippen molar-refractivity contribution in [2.75, 3.05) is 6.54 Å². The summed E-state index contributed by atoms with van der Waals surface area (Å²) in [5.74, 6) is -0.00786. The van der Waals surface area contributed by atoms with Crippen LogP contribution in [0.5, 0.6) is 0 Å². The molecule has 0 bridgehead atoms. The lowest BCUT2D eigenvalue weighted by Gasteiger charge is -2.26. The Morgan fingerprint density at radius 3 is 2.86 bits per heavy atom. The molecule has 4 heteroatoms. The first-order chi connectivity index (χ1) is 10.3. The monoisotopic (exact) mass is 285 g/mol. The van der Waals surface area contributed by atoms with Gasteiger partial charge in [-0.15, -0.1) is 0 Å². The average Bonchev–Trinajstić information content (AvgIpc) is 3.19. The van der Waals surface area contributed by atoms with E-state index in [0.717, 1.165) is 24.9 Å². The van der Waals surface area contributed by atoms with Crippen molar-refractivity contribution in [3.05, 3.63) is 60.1 Å². The van der Waals surface area contributed by atoms with Crippen LogP contribution < -0.4 is 0 Å². The molecule has 1 aliphatic rings. The van der Waals surface area contributed by atoms with Crippen LogP contribution in [-0.4, -0.2) is 28.5 Å². The highest BCUT2D eigenvalue weighted by Gasteiger charge is 2.31. The third-order valence-electron chi connectivity index (χ3n) is 4.09. The molecule has 0 radical (unpaired) electrons. The summed E-state index contributed by atoms with van der Waals surface area (Å²) in [6.45, 7) is 0.746. The standard InChI is InChI=1S/C17H19NO3/c19-16(13-5-2-1-3-6-13)11-15-7-4-9-18(15)17(20)14-8-10-21-12-14/h1-3,5-6,8,10,12,15-16,19H,4,7,9,11H2/t15-,16+/m0/s1. The molecular formula is C17H19NO3. The van der Waals surface area contributed by atoms with Crippen molar-refractivity contribution in [2.24, 2.45) is 0 Å². The number of likely N-dealkylation sites (tertiary alicyclic amines) is 1. The third-order valence-corrected chi connectivity index (χ3v) is 4.09. The average molecular weight is 285 g/mol. The lowest BCUT2D eigenvalue weighted by atomic mass is 10.0. The van der Waals surface area contributed by atoms with Crippen LogP contribution in [0.1, 0.15) is 41.3 Å². The Morgan fingerprint density at radius 2 is 2.14 bits per heavy atom. The number of furan rings is 1. The normalized spacial score (nSPS) is 19.7. The van der Waals surface area contributed by atoms with Crippen LogP contribution in [0.4, 0.5) is 0 Å². The summed E-state index contributed by atoms with van der Waals surface area (Å²) in [4.78, 5) is 14.3. The van der Waals surface area contributed by atoms with Crippen molar-refractivity contribution < 1.29 is 14.3 Å². The number of rotatable bonds is 4. The lowest BCUT2D eigenvalue weighted by molar-refractivity contribution is 0.0666. The van der Waals surface area contributed by atoms with Crippen molar-refractivity contribution in [1.82, 2.24) is 4.90 Å². The Morgan fingerprint density at radius 1 is 1.33 bits per heavy atom. The highest BCUT2D eigenvalue weighted by Crippen LogP contribution is 2.28. The molecule has 1 aromatic carbocycles. The second-order valence-corrected chi connectivity index (χ2v) is 5.47. The SMILES string of the molecule is O=C(c1ccoc1)N1CCC[C@H]1C[C@@H](O)c1ccccc1. The molecule has 1 aliphatic heterocycles. The Labute approximate surface area is 124 Å². The Bertz CT molecular complexity index is 579. The number of aliphatic hydroxyl groups excluding tert-OH is 1. The summed E-state index contributed by atoms with van der Waals surface area (Å²) in [6.07, 6.45) is 4.95. The number of amides is 1. The molecule has 3 rings (SSSR count). The van der Waals surface area contributed by atoms with Gasteiger partial charge in [0.1, 0.15) is 6.26 Å². The molecule has 21 heavy (non-hydrogen) atoms. The van der Waals surface area contributed by atoms with E-state index < -0.39 is 6.10 Å². The van der Waals surface area contributed by atoms with E-state index in [1.54, 1.807) is 6.07 Å². The Balaban J connectivity index is 1.68. The maximum atomic E-state index is 12.4. The van der Waals surface area contributed by atoms with Gasteiger partial charge in [-0.25, -0.2) is 0 Å². The first-order valence-electron chi connectivity index (χ1n) is 7.32. The molecule has 2 aromatic rings. The third kappa shape index (κ3) is 3.00. The highest BCUT2D eigenvalue weighted by molar-refractivity contribution is 5.94. The topological polar surface area (TPSA) is 53.7 Å². The molecule has 110 valence electrons. The molecule has 4 nitrogen and oxygen atoms in total. The molecule has 2 heterocycles. The number of nitrogens with zero attached hydrogens (tertiary/aromatic N) is 1. The minimum atomic E-state index is -0.533. The summed E-state index contributed by atoms with van der Waals surface area (Å²) < 4.78 is 4.98. The van der Waals surface area contributed by atoms with Crippen molar-refractivity contribution in [3.8, 4) is 0 Å². The van der Waals surface area contributed by atoms with E-state index in [9.17, 15) is 9.90 Å². The maximum absolute atomic E-state index is 12.4. The zero-order valence-electron chi connectivity index (χ0n) is 11.8. The fourth-order valence-corrected chi connectivity index (χ4v) is 2.97. The molecule has 0 aliphatic carbocycles. The maximum Gasteiger partial charge on any atom is 0.257 e. The quantitative estimate of drug-likeness (QED) is 0.939. The zero-order chi connectivity index (χ0) is 14.7. The molecule has 1 saturated heterocycles. The largest absolute Gasteiger partial charge is 0.472 e. The van der Waals surface area contributed by atoms with E-state index in [1.807, 2.05) is 35.2 Å². The van der Waals surface area contributed by atoms with Crippen LogP contribution in [0.3, 0.4) is 0 Å². The summed E-state index contributed by atoms with van der Waals surface area (Å²) >= 11 is 0. The fourth-order valence-electron chi connectivity index (χ4n) is 2.97. The van der Waals surface area contributed by atoms with Gasteiger partial charge in [0.2, 0.25) is 0 Å². The minimum Gasteiger partial charge on any atom is -0.472 e. The number of carbonyl (C=O) groups is 1. The lowest BCUT2D eigenvalue weighted by Crippen LogP contribution is -2.36. The smallest absolute Gasteiger partial charge is 0.257 e. The summed E-state index contributed by atoms with van der Waals surface area (Å²) in [5, 5.41) is 10.4. The van der Waals surface area contributed by atoms with Gasteiger partial charge in [0.15, 0.2) is 0 Å². The second kappa shape index (κ2) is 6.14. The number of hydrogen-bond acceptors (Lipinski definition) is 3. The number of hydrogen-bond donors (Lipinski definition) is 1. The van der Waals surface area contributed by atoms with E-state index in [2.05, 4.69) is 0 Å². The van der Waals surface area contributed by atoms with Gasteiger partial charge < -0.3 is 14.4 Å². The van der Waals surface area contributed by atoms with Crippen LogP contribution in [0, 0.1) is 0 Å². The minimum absolute atomic E-state index is 0.00786. The van der Waals surface area contributed by atoms with Crippen molar-refractivity contribution in [2.45, 2.75) is 31.4 Å². The second-order valence-electron chi connectivity index (χ2n) is 5.47. The summed E-state index contributed by atoms with van der Waals surface area (Å²) in [6, 6.07) is 11.4. The molecule has 0 spiro atoms. The molecule has 1 N–H and O–H groups in total. The number of aliphatic hydroxyl groups is 1. The van der Waals surface area contributed by atoms with Crippen molar-refractivity contribution in [1.29, 1.82) is 0 Å². The van der Waals surface area contributed by atoms with Crippen molar-refractivity contribution >= 4 is 5.91 Å². The molecule has 1 amide bonds. The van der Waals surface area contributed by atoms with E-state index in [-0.39, 0.29) is 11.9 Å². The Hall–Kier alpha value is -2.07. The number of carbonyl (C=O) groups excluding carboxylic acids is 1. The Kier molecular flexibility index (Phi) is 4.06. The fraction of sp³-hybridized carbons (Fsp3) is 0.353. The first-order valence-corrected chi connectivity index (χ1v) is 7.32. The molecule has 0 unspecified atom stereocenters. The molecule has 1 fully saturated rings. The van der Waals surface area contributed by atoms with E-state index in [4.69, 9.17) is 4.42 Å². The van der Waals surface area contributed by atoms with Gasteiger partial charge in [-0.1, -0.05) is 30.3 Å². The molecule has 0 saturated carbocycles. The van der Waals surface area contributed by atoms with Crippen molar-refractivity contribution in [3.63, 3.8) is 0 Å². The molecule has 2 atom stereocenters. The van der Waals surface area contributed by atoms with Gasteiger partial charge in [-0.3, -0.25) is 4.79 Å². The van der Waals surface area contributed by atoms with Crippen LogP contribution in [-0.2, 0) is 0 Å². The van der Waals surface area contributed by atoms with E-state index >= 15 is 0 Å². The number of benzene rings is 1. The van der Waals surface area contributed by atoms with Gasteiger partial charge in [0.25, 0.3) is 5.91 Å². The zero-order valence-corrected chi connectivity index (χ0v) is 11.8. The van der Waals surface area contributed by atoms with E-state index in [1.165, 1.54) is 12.5 Å². The first kappa shape index (κ1) is 13.9. The van der Waals surface area contributed by atoms with Gasteiger partial charge in [-0.05, 0) is 30.9 Å². The van der Waals surface area contributed by atoms with Gasteiger partial charge >= 0.3 is 0 Å². The van der Waals surface area contributed by atoms with Gasteiger partial charge in [-0.2, -0.15) is 0 Å². The van der Waals surface area contributed by atoms with Crippen LogP contribution >= 0.6 is 0 Å². The van der Waals surface area contributed by atoms with Gasteiger partial charge in [0, 0.05) is 12.6 Å². The van der Waals surface area contributed by atoms with Crippen LogP contribution in [0.2, 0.25) is 0 Å². The van der Waals surface area contributed by atoms with E-state index in [0.29, 0.717) is 12.0 Å².